The smallest absolute Gasteiger partial charge is 0.434 e. The van der Waals surface area contributed by atoms with Gasteiger partial charge < -0.3 is 20.2 Å². The number of aryl methyl sites for hydroxylation is 1. The number of piperazine rings is 1. The van der Waals surface area contributed by atoms with Gasteiger partial charge in [0.05, 0.1) is 11.9 Å². The minimum Gasteiger partial charge on any atom is -0.463 e. The highest BCUT2D eigenvalue weighted by Gasteiger charge is 2.18. The molecule has 1 saturated heterocycles. The maximum absolute atomic E-state index is 12.1. The molecule has 0 atom stereocenters. The van der Waals surface area contributed by atoms with Crippen molar-refractivity contribution in [3.8, 4) is 5.82 Å². The highest BCUT2D eigenvalue weighted by atomic mass is 16.4. The van der Waals surface area contributed by atoms with E-state index >= 15 is 0 Å². The van der Waals surface area contributed by atoms with Crippen molar-refractivity contribution in [2.24, 2.45) is 0 Å². The number of aromatic nitrogens is 5. The summed E-state index contributed by atoms with van der Waals surface area (Å²) in [7, 11) is 2.11. The Kier molecular flexibility index (Phi) is 5.67. The van der Waals surface area contributed by atoms with Crippen LogP contribution in [0.4, 0.5) is 22.2 Å². The van der Waals surface area contributed by atoms with Crippen molar-refractivity contribution < 1.29 is 9.90 Å². The van der Waals surface area contributed by atoms with Gasteiger partial charge in [-0.1, -0.05) is 6.92 Å². The first kappa shape index (κ1) is 20.5. The Morgan fingerprint density at radius 1 is 1.16 bits per heavy atom. The van der Waals surface area contributed by atoms with Crippen LogP contribution in [-0.4, -0.2) is 73.6 Å². The third-order valence-corrected chi connectivity index (χ3v) is 5.23. The number of nitrogens with one attached hydrogen (secondary N) is 1. The Balaban J connectivity index is 1.56. The van der Waals surface area contributed by atoms with Gasteiger partial charge in [0.1, 0.15) is 5.82 Å². The lowest BCUT2D eigenvalue weighted by atomic mass is 10.3. The molecule has 11 heteroatoms. The van der Waals surface area contributed by atoms with E-state index < -0.39 is 11.7 Å². The lowest BCUT2D eigenvalue weighted by molar-refractivity contribution is 0.189. The Morgan fingerprint density at radius 2 is 1.94 bits per heavy atom. The third-order valence-electron chi connectivity index (χ3n) is 5.23. The second-order valence-electron chi connectivity index (χ2n) is 7.29. The number of hydrogen-bond donors (Lipinski definition) is 2. The highest BCUT2D eigenvalue weighted by Crippen LogP contribution is 2.19. The zero-order valence-electron chi connectivity index (χ0n) is 17.4. The summed E-state index contributed by atoms with van der Waals surface area (Å²) in [6.45, 7) is 5.78. The van der Waals surface area contributed by atoms with Crippen LogP contribution in [0.5, 0.6) is 0 Å². The van der Waals surface area contributed by atoms with E-state index in [4.69, 9.17) is 0 Å². The second kappa shape index (κ2) is 8.56. The van der Waals surface area contributed by atoms with Crippen LogP contribution in [0.2, 0.25) is 0 Å². The van der Waals surface area contributed by atoms with Gasteiger partial charge in [0.15, 0.2) is 5.82 Å². The molecule has 0 amide bonds. The zero-order valence-corrected chi connectivity index (χ0v) is 17.4. The number of carbonyl (C=O) groups is 1. The molecule has 1 fully saturated rings. The molecular weight excluding hydrogens is 400 g/mol. The number of hydrogen-bond acceptors (Lipinski definition) is 8. The molecule has 0 unspecified atom stereocenters. The van der Waals surface area contributed by atoms with E-state index in [0.29, 0.717) is 22.6 Å². The Bertz CT molecular complexity index is 1130. The van der Waals surface area contributed by atoms with Crippen molar-refractivity contribution in [2.45, 2.75) is 13.3 Å². The quantitative estimate of drug-likeness (QED) is 0.626. The molecule has 0 aliphatic carbocycles. The van der Waals surface area contributed by atoms with E-state index in [1.807, 2.05) is 19.1 Å². The maximum Gasteiger partial charge on any atom is 0.434 e. The van der Waals surface area contributed by atoms with Gasteiger partial charge in [-0.15, -0.1) is 4.68 Å². The van der Waals surface area contributed by atoms with Gasteiger partial charge in [-0.3, -0.25) is 4.79 Å². The molecule has 2 N–H and O–H groups in total. The standard InChI is InChI=1S/C20H24N8O3/c1-3-14-12-18(29)28(20(30)31)27(14)17-6-7-21-19(24-17)23-16-5-4-15(13-22-16)26-10-8-25(2)9-11-26/h4-7,12-13H,3,8-11H2,1-2H3,(H,30,31)(H,21,22,23,24). The molecule has 0 radical (unpaired) electrons. The average Bonchev–Trinajstić information content (AvgIpc) is 3.12. The number of rotatable bonds is 5. The minimum absolute atomic E-state index is 0.248. The van der Waals surface area contributed by atoms with Crippen molar-refractivity contribution in [3.05, 3.63) is 52.7 Å². The predicted molar refractivity (Wildman–Crippen MR) is 116 cm³/mol. The van der Waals surface area contributed by atoms with Gasteiger partial charge in [0.2, 0.25) is 5.95 Å². The average molecular weight is 424 g/mol. The number of anilines is 3. The van der Waals surface area contributed by atoms with E-state index in [1.54, 1.807) is 12.3 Å². The SMILES string of the molecule is CCc1cc(=O)n(C(=O)O)n1-c1ccnc(Nc2ccc(N3CCN(C)CC3)cn2)n1. The first-order chi connectivity index (χ1) is 15.0. The van der Waals surface area contributed by atoms with E-state index in [2.05, 4.69) is 37.1 Å². The number of nitrogens with zero attached hydrogens (tertiary/aromatic N) is 7. The number of pyridine rings is 1. The normalized spacial score (nSPS) is 14.6. The van der Waals surface area contributed by atoms with Crippen LogP contribution in [0.15, 0.2) is 41.5 Å². The van der Waals surface area contributed by atoms with Crippen LogP contribution >= 0.6 is 0 Å². The van der Waals surface area contributed by atoms with Gasteiger partial charge in [-0.25, -0.2) is 19.4 Å². The fourth-order valence-corrected chi connectivity index (χ4v) is 3.53. The highest BCUT2D eigenvalue weighted by molar-refractivity contribution is 5.67. The Morgan fingerprint density at radius 3 is 2.58 bits per heavy atom. The van der Waals surface area contributed by atoms with E-state index in [9.17, 15) is 14.7 Å². The van der Waals surface area contributed by atoms with Crippen molar-refractivity contribution >= 4 is 23.5 Å². The Labute approximate surface area is 178 Å². The molecule has 1 aliphatic heterocycles. The maximum atomic E-state index is 12.1. The van der Waals surface area contributed by atoms with Gasteiger partial charge in [0.25, 0.3) is 5.56 Å². The van der Waals surface area contributed by atoms with Gasteiger partial charge in [-0.2, -0.15) is 4.98 Å². The molecule has 1 aliphatic rings. The molecule has 4 heterocycles. The van der Waals surface area contributed by atoms with Crippen molar-refractivity contribution in [3.63, 3.8) is 0 Å². The molecule has 3 aromatic rings. The molecule has 11 nitrogen and oxygen atoms in total. The summed E-state index contributed by atoms with van der Waals surface area (Å²) in [6.07, 6.45) is 2.40. The predicted octanol–water partition coefficient (Wildman–Crippen LogP) is 1.41. The summed E-state index contributed by atoms with van der Waals surface area (Å²) in [5.41, 5.74) is 0.962. The molecule has 0 saturated carbocycles. The van der Waals surface area contributed by atoms with E-state index in [0.717, 1.165) is 31.9 Å². The lowest BCUT2D eigenvalue weighted by Crippen LogP contribution is -2.44. The summed E-state index contributed by atoms with van der Waals surface area (Å²) in [6, 6.07) is 6.69. The number of carboxylic acid groups (broad SMARTS) is 1. The molecular formula is C20H24N8O3. The fraction of sp³-hybridized carbons (Fsp3) is 0.350. The zero-order chi connectivity index (χ0) is 22.0. The van der Waals surface area contributed by atoms with Crippen LogP contribution < -0.4 is 15.8 Å². The largest absolute Gasteiger partial charge is 0.463 e. The van der Waals surface area contributed by atoms with Gasteiger partial charge in [0, 0.05) is 50.2 Å². The molecule has 0 aromatic carbocycles. The van der Waals surface area contributed by atoms with Gasteiger partial charge >= 0.3 is 6.09 Å². The summed E-state index contributed by atoms with van der Waals surface area (Å²) in [4.78, 5) is 41.3. The van der Waals surface area contributed by atoms with Crippen molar-refractivity contribution in [1.82, 2.24) is 29.2 Å². The van der Waals surface area contributed by atoms with Crippen LogP contribution in [-0.2, 0) is 6.42 Å². The lowest BCUT2D eigenvalue weighted by Gasteiger charge is -2.33. The summed E-state index contributed by atoms with van der Waals surface area (Å²) in [5, 5.41) is 12.5. The summed E-state index contributed by atoms with van der Waals surface area (Å²) in [5.74, 6) is 1.08. The monoisotopic (exact) mass is 424 g/mol. The fourth-order valence-electron chi connectivity index (χ4n) is 3.53. The second-order valence-corrected chi connectivity index (χ2v) is 7.29. The topological polar surface area (TPSA) is 121 Å². The van der Waals surface area contributed by atoms with E-state index in [-0.39, 0.29) is 11.8 Å². The third kappa shape index (κ3) is 4.26. The van der Waals surface area contributed by atoms with Crippen LogP contribution in [0.25, 0.3) is 5.82 Å². The van der Waals surface area contributed by atoms with Gasteiger partial charge in [-0.05, 0) is 25.6 Å². The number of likely N-dealkylation sites (N-methyl/N-ethyl adjacent to an activating group) is 1. The first-order valence-corrected chi connectivity index (χ1v) is 10.0. The summed E-state index contributed by atoms with van der Waals surface area (Å²) < 4.78 is 1.91. The van der Waals surface area contributed by atoms with Crippen LogP contribution in [0, 0.1) is 0 Å². The molecule has 31 heavy (non-hydrogen) atoms. The minimum atomic E-state index is -1.38. The summed E-state index contributed by atoms with van der Waals surface area (Å²) >= 11 is 0. The van der Waals surface area contributed by atoms with Crippen LogP contribution in [0.3, 0.4) is 0 Å². The van der Waals surface area contributed by atoms with Crippen LogP contribution in [0.1, 0.15) is 12.6 Å². The molecule has 3 aromatic heterocycles. The van der Waals surface area contributed by atoms with Crippen molar-refractivity contribution in [1.29, 1.82) is 0 Å². The Hall–Kier alpha value is -3.73. The molecule has 0 bridgehead atoms. The molecule has 162 valence electrons. The first-order valence-electron chi connectivity index (χ1n) is 10.0. The van der Waals surface area contributed by atoms with E-state index in [1.165, 1.54) is 16.9 Å². The van der Waals surface area contributed by atoms with Crippen molar-refractivity contribution in [2.75, 3.05) is 43.4 Å². The molecule has 4 rings (SSSR count). The molecule has 0 spiro atoms.